The Morgan fingerprint density at radius 1 is 1.30 bits per heavy atom. The monoisotopic (exact) mass is 442 g/mol. The third kappa shape index (κ3) is 4.11. The minimum Gasteiger partial charge on any atom is -0.374 e. The van der Waals surface area contributed by atoms with E-state index in [9.17, 15) is 27.5 Å². The first-order valence-corrected chi connectivity index (χ1v) is 9.88. The van der Waals surface area contributed by atoms with Gasteiger partial charge < -0.3 is 14.9 Å². The summed E-state index contributed by atoms with van der Waals surface area (Å²) >= 11 is 0.649. The molecule has 1 aliphatic heterocycles. The van der Waals surface area contributed by atoms with E-state index in [1.54, 1.807) is 17.0 Å². The van der Waals surface area contributed by atoms with E-state index in [1.165, 1.54) is 29.3 Å². The predicted molar refractivity (Wildman–Crippen MR) is 101 cm³/mol. The largest absolute Gasteiger partial charge is 0.424 e. The fourth-order valence-electron chi connectivity index (χ4n) is 3.26. The van der Waals surface area contributed by atoms with Gasteiger partial charge in [-0.1, -0.05) is 6.07 Å². The number of thiazole rings is 1. The van der Waals surface area contributed by atoms with Crippen molar-refractivity contribution in [1.29, 1.82) is 5.26 Å². The number of nitriles is 1. The molecule has 1 amide bonds. The molecule has 0 saturated carbocycles. The summed E-state index contributed by atoms with van der Waals surface area (Å²) in [6, 6.07) is 6.01. The van der Waals surface area contributed by atoms with E-state index in [0.717, 1.165) is 0 Å². The van der Waals surface area contributed by atoms with Gasteiger partial charge in [-0.15, -0.1) is 11.3 Å². The first-order valence-electron chi connectivity index (χ1n) is 9.00. The molecule has 3 rings (SSSR count). The number of hydrogen-bond acceptors (Lipinski definition) is 6. The van der Waals surface area contributed by atoms with Crippen LogP contribution >= 0.6 is 11.3 Å². The maximum absolute atomic E-state index is 13.8. The van der Waals surface area contributed by atoms with Gasteiger partial charge >= 0.3 is 6.18 Å². The van der Waals surface area contributed by atoms with Gasteiger partial charge in [0.2, 0.25) is 11.5 Å². The Balaban J connectivity index is 1.72. The van der Waals surface area contributed by atoms with Crippen LogP contribution in [0.4, 0.5) is 23.2 Å². The van der Waals surface area contributed by atoms with E-state index >= 15 is 0 Å². The highest BCUT2D eigenvalue weighted by atomic mass is 32.1. The first-order chi connectivity index (χ1) is 14.1. The van der Waals surface area contributed by atoms with E-state index < -0.39 is 34.9 Å². The van der Waals surface area contributed by atoms with Gasteiger partial charge in [-0.2, -0.15) is 18.4 Å². The van der Waals surface area contributed by atoms with Crippen molar-refractivity contribution in [3.05, 3.63) is 45.7 Å². The molecular formula is C19H18F4N4O2S. The fourth-order valence-corrected chi connectivity index (χ4v) is 4.17. The number of rotatable bonds is 4. The Kier molecular flexibility index (Phi) is 6.01. The smallest absolute Gasteiger partial charge is 0.374 e. The molecule has 2 heterocycles. The van der Waals surface area contributed by atoms with Crippen molar-refractivity contribution < 1.29 is 27.5 Å². The summed E-state index contributed by atoms with van der Waals surface area (Å²) in [7, 11) is 0. The normalized spacial score (nSPS) is 16.8. The van der Waals surface area contributed by atoms with E-state index in [2.05, 4.69) is 4.98 Å². The lowest BCUT2D eigenvalue weighted by atomic mass is 9.98. The highest BCUT2D eigenvalue weighted by Crippen LogP contribution is 2.43. The molecule has 1 aromatic carbocycles. The molecule has 1 unspecified atom stereocenters. The van der Waals surface area contributed by atoms with E-state index in [-0.39, 0.29) is 31.7 Å². The quantitative estimate of drug-likeness (QED) is 0.737. The number of carbonyl (C=O) groups excluding carboxylic acids is 1. The summed E-state index contributed by atoms with van der Waals surface area (Å²) in [5.74, 6) is -1.52. The van der Waals surface area contributed by atoms with Gasteiger partial charge in [-0.25, -0.2) is 9.37 Å². The molecule has 0 aliphatic carbocycles. The summed E-state index contributed by atoms with van der Waals surface area (Å²) in [5.41, 5.74) is -2.80. The Morgan fingerprint density at radius 2 is 1.97 bits per heavy atom. The van der Waals surface area contributed by atoms with Crippen molar-refractivity contribution in [2.75, 3.05) is 31.1 Å². The summed E-state index contributed by atoms with van der Waals surface area (Å²) in [6.07, 6.45) is -6.25. The number of carbonyl (C=O) groups is 1. The number of alkyl halides is 3. The van der Waals surface area contributed by atoms with Crippen LogP contribution < -0.4 is 4.90 Å². The van der Waals surface area contributed by atoms with E-state index in [0.29, 0.717) is 22.7 Å². The van der Waals surface area contributed by atoms with Crippen LogP contribution in [-0.4, -0.2) is 53.3 Å². The van der Waals surface area contributed by atoms with Gasteiger partial charge in [0.1, 0.15) is 22.5 Å². The Hall–Kier alpha value is -2.71. The van der Waals surface area contributed by atoms with E-state index in [1.807, 2.05) is 0 Å². The zero-order valence-electron chi connectivity index (χ0n) is 15.9. The van der Waals surface area contributed by atoms with Crippen LogP contribution in [0.2, 0.25) is 0 Å². The predicted octanol–water partition coefficient (Wildman–Crippen LogP) is 2.95. The number of hydrogen-bond donors (Lipinski definition) is 1. The third-order valence-corrected chi connectivity index (χ3v) is 6.04. The minimum atomic E-state index is -5.07. The second-order valence-electron chi connectivity index (χ2n) is 6.94. The number of aryl methyl sites for hydroxylation is 1. The number of aromatic nitrogens is 1. The molecule has 0 bridgehead atoms. The van der Waals surface area contributed by atoms with Crippen LogP contribution in [0.5, 0.6) is 0 Å². The number of anilines is 1. The Morgan fingerprint density at radius 3 is 2.50 bits per heavy atom. The third-order valence-electron chi connectivity index (χ3n) is 4.93. The zero-order valence-corrected chi connectivity index (χ0v) is 16.7. The van der Waals surface area contributed by atoms with Crippen molar-refractivity contribution >= 4 is 22.9 Å². The molecule has 1 N–H and O–H groups in total. The molecule has 2 aromatic rings. The molecule has 160 valence electrons. The average molecular weight is 442 g/mol. The zero-order chi connectivity index (χ0) is 22.1. The van der Waals surface area contributed by atoms with Crippen molar-refractivity contribution in [3.8, 4) is 6.07 Å². The number of halogens is 4. The molecule has 1 aromatic heterocycles. The summed E-state index contributed by atoms with van der Waals surface area (Å²) in [4.78, 5) is 19.2. The molecule has 11 heteroatoms. The van der Waals surface area contributed by atoms with Crippen molar-refractivity contribution in [2.24, 2.45) is 0 Å². The maximum atomic E-state index is 13.8. The minimum absolute atomic E-state index is 0.0745. The number of nitrogens with zero attached hydrogens (tertiary/aromatic N) is 4. The molecule has 1 atom stereocenters. The van der Waals surface area contributed by atoms with Crippen LogP contribution in [0.1, 0.15) is 22.7 Å². The average Bonchev–Trinajstić information content (AvgIpc) is 3.14. The molecule has 6 nitrogen and oxygen atoms in total. The van der Waals surface area contributed by atoms with Gasteiger partial charge in [-0.05, 0) is 19.1 Å². The summed E-state index contributed by atoms with van der Waals surface area (Å²) in [6.45, 7) is 2.07. The number of benzene rings is 1. The first kappa shape index (κ1) is 22.0. The van der Waals surface area contributed by atoms with Gasteiger partial charge in [0.15, 0.2) is 0 Å². The number of piperazine rings is 1. The van der Waals surface area contributed by atoms with Crippen LogP contribution in [0, 0.1) is 24.1 Å². The van der Waals surface area contributed by atoms with Crippen LogP contribution in [-0.2, 0) is 10.4 Å². The molecule has 30 heavy (non-hydrogen) atoms. The van der Waals surface area contributed by atoms with Gasteiger partial charge in [-0.3, -0.25) is 4.79 Å². The van der Waals surface area contributed by atoms with Gasteiger partial charge in [0.05, 0.1) is 12.1 Å². The SMILES string of the molecule is Cc1csc(C(O)(CC(=O)N2CCN(c3cccc(F)c3C#N)CC2)C(F)(F)F)n1. The second-order valence-corrected chi connectivity index (χ2v) is 7.80. The molecular weight excluding hydrogens is 424 g/mol. The molecule has 0 spiro atoms. The van der Waals surface area contributed by atoms with Gasteiger partial charge in [0, 0.05) is 37.3 Å². The van der Waals surface area contributed by atoms with Crippen molar-refractivity contribution in [3.63, 3.8) is 0 Å². The Labute approximate surface area is 174 Å². The van der Waals surface area contributed by atoms with E-state index in [4.69, 9.17) is 5.26 Å². The fraction of sp³-hybridized carbons (Fsp3) is 0.421. The lowest BCUT2D eigenvalue weighted by Crippen LogP contribution is -2.52. The summed E-state index contributed by atoms with van der Waals surface area (Å²) < 4.78 is 54.6. The van der Waals surface area contributed by atoms with Crippen molar-refractivity contribution in [1.82, 2.24) is 9.88 Å². The topological polar surface area (TPSA) is 80.5 Å². The van der Waals surface area contributed by atoms with Gasteiger partial charge in [0.25, 0.3) is 0 Å². The second kappa shape index (κ2) is 8.20. The highest BCUT2D eigenvalue weighted by molar-refractivity contribution is 7.09. The lowest BCUT2D eigenvalue weighted by Gasteiger charge is -2.38. The molecule has 1 aliphatic rings. The van der Waals surface area contributed by atoms with Crippen LogP contribution in [0.15, 0.2) is 23.6 Å². The van der Waals surface area contributed by atoms with Crippen LogP contribution in [0.3, 0.4) is 0 Å². The molecule has 1 fully saturated rings. The summed E-state index contributed by atoms with van der Waals surface area (Å²) in [5, 5.41) is 20.3. The lowest BCUT2D eigenvalue weighted by molar-refractivity contribution is -0.268. The highest BCUT2D eigenvalue weighted by Gasteiger charge is 2.58. The standard InChI is InChI=1S/C19H18F4N4O2S/c1-12-11-30-17(25-12)18(29,19(21,22)23)9-16(28)27-7-5-26(6-8-27)15-4-2-3-14(20)13(15)10-24/h2-4,11,29H,5-9H2,1H3. The van der Waals surface area contributed by atoms with Crippen molar-refractivity contribution in [2.45, 2.75) is 25.1 Å². The number of aliphatic hydroxyl groups is 1. The number of amides is 1. The maximum Gasteiger partial charge on any atom is 0.424 e. The molecule has 1 saturated heterocycles. The molecule has 0 radical (unpaired) electrons. The van der Waals surface area contributed by atoms with Crippen LogP contribution in [0.25, 0.3) is 0 Å². The Bertz CT molecular complexity index is 980.